The van der Waals surface area contributed by atoms with Crippen molar-refractivity contribution in [3.05, 3.63) is 16.5 Å². The van der Waals surface area contributed by atoms with Crippen molar-refractivity contribution in [3.8, 4) is 0 Å². The van der Waals surface area contributed by atoms with Gasteiger partial charge < -0.3 is 20.8 Å². The Kier molecular flexibility index (Phi) is 4.04. The van der Waals surface area contributed by atoms with E-state index in [-0.39, 0.29) is 20.9 Å². The first kappa shape index (κ1) is 16.8. The summed E-state index contributed by atoms with van der Waals surface area (Å²) < 4.78 is 40.3. The maximum Gasteiger partial charge on any atom is 0.417 e. The highest BCUT2D eigenvalue weighted by Crippen LogP contribution is 2.43. The van der Waals surface area contributed by atoms with E-state index in [0.717, 1.165) is 6.07 Å². The number of aromatic carboxylic acids is 1. The van der Waals surface area contributed by atoms with E-state index in [1.54, 1.807) is 4.90 Å². The molecule has 0 saturated carbocycles. The van der Waals surface area contributed by atoms with Gasteiger partial charge in [-0.05, 0) is 18.9 Å². The topological polar surface area (TPSA) is 99.7 Å². The number of hydrogen-bond donors (Lipinski definition) is 3. The zero-order valence-electron chi connectivity index (χ0n) is 12.3. The molecule has 0 aliphatic carbocycles. The molecule has 2 aromatic rings. The molecule has 4 N–H and O–H groups in total. The van der Waals surface area contributed by atoms with Crippen molar-refractivity contribution in [3.63, 3.8) is 0 Å². The van der Waals surface area contributed by atoms with Crippen LogP contribution in [0.4, 0.5) is 24.7 Å². The summed E-state index contributed by atoms with van der Waals surface area (Å²) in [6, 6.07) is 0.898. The van der Waals surface area contributed by atoms with E-state index in [0.29, 0.717) is 37.3 Å². The summed E-state index contributed by atoms with van der Waals surface area (Å²) in [6.07, 6.45) is -4.28. The number of thiophene rings is 1. The maximum absolute atomic E-state index is 13.4. The highest BCUT2D eigenvalue weighted by atomic mass is 32.1. The molecule has 3 rings (SSSR count). The normalized spacial score (nSPS) is 16.8. The first-order valence-corrected chi connectivity index (χ1v) is 7.96. The number of pyridine rings is 1. The molecule has 0 aromatic carbocycles. The van der Waals surface area contributed by atoms with Crippen molar-refractivity contribution in [2.24, 2.45) is 0 Å². The smallest absolute Gasteiger partial charge is 0.417 e. The van der Waals surface area contributed by atoms with Gasteiger partial charge in [-0.2, -0.15) is 13.2 Å². The van der Waals surface area contributed by atoms with Crippen LogP contribution in [-0.2, 0) is 6.18 Å². The van der Waals surface area contributed by atoms with Crippen LogP contribution in [0, 0.1) is 0 Å². The number of anilines is 2. The van der Waals surface area contributed by atoms with Gasteiger partial charge in [0.15, 0.2) is 0 Å². The van der Waals surface area contributed by atoms with Crippen LogP contribution in [-0.4, -0.2) is 40.4 Å². The van der Waals surface area contributed by atoms with E-state index >= 15 is 0 Å². The van der Waals surface area contributed by atoms with E-state index in [2.05, 4.69) is 4.98 Å². The minimum atomic E-state index is -4.68. The molecule has 10 heteroatoms. The number of aliphatic hydroxyl groups excluding tert-OH is 1. The number of nitrogen functional groups attached to an aromatic ring is 1. The van der Waals surface area contributed by atoms with Gasteiger partial charge in [0.25, 0.3) is 0 Å². The van der Waals surface area contributed by atoms with Gasteiger partial charge in [0.05, 0.1) is 17.4 Å². The first-order chi connectivity index (χ1) is 11.2. The second kappa shape index (κ2) is 5.78. The number of carboxylic acid groups (broad SMARTS) is 1. The second-order valence-corrected chi connectivity index (χ2v) is 6.57. The third-order valence-electron chi connectivity index (χ3n) is 3.97. The highest BCUT2D eigenvalue weighted by molar-refractivity contribution is 7.21. The highest BCUT2D eigenvalue weighted by Gasteiger charge is 2.37. The van der Waals surface area contributed by atoms with Crippen molar-refractivity contribution >= 4 is 39.0 Å². The Bertz CT molecular complexity index is 798. The largest absolute Gasteiger partial charge is 0.477 e. The van der Waals surface area contributed by atoms with Crippen LogP contribution in [0.25, 0.3) is 10.2 Å². The van der Waals surface area contributed by atoms with Crippen molar-refractivity contribution in [1.29, 1.82) is 0 Å². The molecule has 0 unspecified atom stereocenters. The first-order valence-electron chi connectivity index (χ1n) is 7.15. The molecule has 3 heterocycles. The molecule has 1 saturated heterocycles. The molecule has 1 aliphatic heterocycles. The summed E-state index contributed by atoms with van der Waals surface area (Å²) >= 11 is 0.629. The predicted molar refractivity (Wildman–Crippen MR) is 83.4 cm³/mol. The SMILES string of the molecule is Nc1c(C(=O)O)sc2nc(N3CCC(O)CC3)cc(C(F)(F)F)c12. The third-order valence-corrected chi connectivity index (χ3v) is 5.06. The van der Waals surface area contributed by atoms with E-state index in [4.69, 9.17) is 10.8 Å². The lowest BCUT2D eigenvalue weighted by Crippen LogP contribution is -2.36. The number of halogens is 3. The summed E-state index contributed by atoms with van der Waals surface area (Å²) in [5.41, 5.74) is 4.22. The molecule has 0 bridgehead atoms. The minimum absolute atomic E-state index is 0.0548. The van der Waals surface area contributed by atoms with Crippen LogP contribution in [0.1, 0.15) is 28.1 Å². The minimum Gasteiger partial charge on any atom is -0.477 e. The molecule has 130 valence electrons. The average Bonchev–Trinajstić information content (AvgIpc) is 2.83. The zero-order valence-corrected chi connectivity index (χ0v) is 13.1. The number of carboxylic acids is 1. The van der Waals surface area contributed by atoms with Gasteiger partial charge in [0.2, 0.25) is 0 Å². The van der Waals surface area contributed by atoms with Gasteiger partial charge in [-0.25, -0.2) is 9.78 Å². The number of rotatable bonds is 2. The lowest BCUT2D eigenvalue weighted by atomic mass is 10.1. The zero-order chi connectivity index (χ0) is 17.6. The van der Waals surface area contributed by atoms with E-state index in [9.17, 15) is 23.1 Å². The molecular formula is C14H14F3N3O3S. The van der Waals surface area contributed by atoms with Crippen LogP contribution in [0.2, 0.25) is 0 Å². The van der Waals surface area contributed by atoms with Crippen LogP contribution < -0.4 is 10.6 Å². The molecular weight excluding hydrogens is 347 g/mol. The van der Waals surface area contributed by atoms with Gasteiger partial charge in [0.1, 0.15) is 15.5 Å². The number of aromatic nitrogens is 1. The number of piperidine rings is 1. The fourth-order valence-electron chi connectivity index (χ4n) is 2.75. The standard InChI is InChI=1S/C14H14F3N3O3S/c15-14(16,17)7-5-8(20-3-1-6(21)2-4-20)19-12-9(7)10(18)11(24-12)13(22)23/h5-6,21H,1-4,18H2,(H,22,23). The van der Waals surface area contributed by atoms with Gasteiger partial charge in [-0.3, -0.25) is 0 Å². The number of alkyl halides is 3. The Morgan fingerprint density at radius 1 is 1.38 bits per heavy atom. The Labute approximate surface area is 138 Å². The number of nitrogens with two attached hydrogens (primary N) is 1. The molecule has 2 aromatic heterocycles. The summed E-state index contributed by atoms with van der Waals surface area (Å²) in [5, 5.41) is 18.2. The quantitative estimate of drug-likeness (QED) is 0.760. The van der Waals surface area contributed by atoms with Crippen molar-refractivity contribution in [1.82, 2.24) is 4.98 Å². The molecule has 1 fully saturated rings. The molecule has 0 spiro atoms. The molecule has 24 heavy (non-hydrogen) atoms. The van der Waals surface area contributed by atoms with Crippen molar-refractivity contribution in [2.75, 3.05) is 23.7 Å². The molecule has 1 aliphatic rings. The van der Waals surface area contributed by atoms with Crippen LogP contribution >= 0.6 is 11.3 Å². The maximum atomic E-state index is 13.4. The number of hydrogen-bond acceptors (Lipinski definition) is 6. The van der Waals surface area contributed by atoms with Crippen LogP contribution in [0.5, 0.6) is 0 Å². The average molecular weight is 361 g/mol. The number of aliphatic hydroxyl groups is 1. The van der Waals surface area contributed by atoms with E-state index in [1.165, 1.54) is 0 Å². The Morgan fingerprint density at radius 2 is 2.00 bits per heavy atom. The van der Waals surface area contributed by atoms with Gasteiger partial charge >= 0.3 is 12.1 Å². The van der Waals surface area contributed by atoms with Gasteiger partial charge in [-0.15, -0.1) is 11.3 Å². The molecule has 0 atom stereocenters. The Hall–Kier alpha value is -2.07. The van der Waals surface area contributed by atoms with E-state index < -0.39 is 29.5 Å². The fraction of sp³-hybridized carbons (Fsp3) is 0.429. The van der Waals surface area contributed by atoms with Crippen LogP contribution in [0.15, 0.2) is 6.07 Å². The molecule has 0 amide bonds. The summed E-state index contributed by atoms with van der Waals surface area (Å²) in [4.78, 5) is 16.6. The van der Waals surface area contributed by atoms with Gasteiger partial charge in [-0.1, -0.05) is 0 Å². The monoisotopic (exact) mass is 361 g/mol. The van der Waals surface area contributed by atoms with Gasteiger partial charge in [0, 0.05) is 18.5 Å². The van der Waals surface area contributed by atoms with Crippen molar-refractivity contribution < 1.29 is 28.2 Å². The number of carbonyl (C=O) groups is 1. The summed E-state index contributed by atoms with van der Waals surface area (Å²) in [7, 11) is 0. The lowest BCUT2D eigenvalue weighted by Gasteiger charge is -2.31. The molecule has 6 nitrogen and oxygen atoms in total. The van der Waals surface area contributed by atoms with Crippen molar-refractivity contribution in [2.45, 2.75) is 25.1 Å². The lowest BCUT2D eigenvalue weighted by molar-refractivity contribution is -0.136. The second-order valence-electron chi connectivity index (χ2n) is 5.57. The number of fused-ring (bicyclic) bond motifs is 1. The van der Waals surface area contributed by atoms with Crippen LogP contribution in [0.3, 0.4) is 0 Å². The fourth-order valence-corrected chi connectivity index (χ4v) is 3.70. The Morgan fingerprint density at radius 3 is 2.54 bits per heavy atom. The predicted octanol–water partition coefficient (Wildman–Crippen LogP) is 2.56. The summed E-state index contributed by atoms with van der Waals surface area (Å²) in [6.45, 7) is 0.757. The molecule has 0 radical (unpaired) electrons. The summed E-state index contributed by atoms with van der Waals surface area (Å²) in [5.74, 6) is -1.27. The van der Waals surface area contributed by atoms with E-state index in [1.807, 2.05) is 0 Å². The third kappa shape index (κ3) is 2.86. The Balaban J connectivity index is 2.18. The number of nitrogens with zero attached hydrogens (tertiary/aromatic N) is 2.